The summed E-state index contributed by atoms with van der Waals surface area (Å²) in [7, 11) is 0. The SMILES string of the molecule is C=CCn1nc(C)c2cc(/C(C=NC(=C)C)=C/C)ccc21. The van der Waals surface area contributed by atoms with Gasteiger partial charge in [-0.15, -0.1) is 6.58 Å². The molecule has 1 aromatic carbocycles. The summed E-state index contributed by atoms with van der Waals surface area (Å²) >= 11 is 0. The van der Waals surface area contributed by atoms with Crippen LogP contribution >= 0.6 is 0 Å². The lowest BCUT2D eigenvalue weighted by Crippen LogP contribution is -1.96. The first-order valence-corrected chi connectivity index (χ1v) is 7.01. The summed E-state index contributed by atoms with van der Waals surface area (Å²) < 4.78 is 1.97. The highest BCUT2D eigenvalue weighted by molar-refractivity contribution is 6.11. The molecule has 0 bridgehead atoms. The van der Waals surface area contributed by atoms with Gasteiger partial charge in [0.1, 0.15) is 0 Å². The van der Waals surface area contributed by atoms with Crippen molar-refractivity contribution in [3.8, 4) is 0 Å². The van der Waals surface area contributed by atoms with Crippen LogP contribution < -0.4 is 0 Å². The minimum Gasteiger partial charge on any atom is -0.262 e. The Morgan fingerprint density at radius 2 is 2.19 bits per heavy atom. The number of fused-ring (bicyclic) bond motifs is 1. The number of benzene rings is 1. The third-order valence-corrected chi connectivity index (χ3v) is 3.31. The van der Waals surface area contributed by atoms with Crippen LogP contribution in [0.25, 0.3) is 16.5 Å². The summed E-state index contributed by atoms with van der Waals surface area (Å²) in [6, 6.07) is 6.37. The highest BCUT2D eigenvalue weighted by Crippen LogP contribution is 2.23. The number of hydrogen-bond donors (Lipinski definition) is 0. The molecule has 0 fully saturated rings. The van der Waals surface area contributed by atoms with E-state index in [4.69, 9.17) is 0 Å². The number of aliphatic imine (C=N–C) groups is 1. The Morgan fingerprint density at radius 3 is 2.81 bits per heavy atom. The topological polar surface area (TPSA) is 30.2 Å². The molecule has 2 rings (SSSR count). The van der Waals surface area contributed by atoms with Gasteiger partial charge in [-0.3, -0.25) is 9.67 Å². The Balaban J connectivity index is 2.50. The Kier molecular flexibility index (Phi) is 4.53. The molecule has 108 valence electrons. The van der Waals surface area contributed by atoms with E-state index >= 15 is 0 Å². The van der Waals surface area contributed by atoms with Gasteiger partial charge in [0.2, 0.25) is 0 Å². The van der Waals surface area contributed by atoms with Gasteiger partial charge in [-0.1, -0.05) is 24.8 Å². The molecule has 1 aromatic heterocycles. The zero-order valence-corrected chi connectivity index (χ0v) is 12.9. The Labute approximate surface area is 126 Å². The number of nitrogens with zero attached hydrogens (tertiary/aromatic N) is 3. The van der Waals surface area contributed by atoms with Gasteiger partial charge in [-0.2, -0.15) is 5.10 Å². The second kappa shape index (κ2) is 6.35. The second-order valence-electron chi connectivity index (χ2n) is 5.03. The minimum atomic E-state index is 0.720. The fourth-order valence-corrected chi connectivity index (χ4v) is 2.28. The maximum Gasteiger partial charge on any atom is 0.0689 e. The summed E-state index contributed by atoms with van der Waals surface area (Å²) in [6.45, 7) is 14.2. The highest BCUT2D eigenvalue weighted by Gasteiger charge is 2.08. The third kappa shape index (κ3) is 3.19. The van der Waals surface area contributed by atoms with E-state index in [2.05, 4.69) is 47.5 Å². The normalized spacial score (nSPS) is 12.2. The van der Waals surface area contributed by atoms with Crippen molar-refractivity contribution in [1.29, 1.82) is 0 Å². The van der Waals surface area contributed by atoms with Crippen molar-refractivity contribution in [3.63, 3.8) is 0 Å². The van der Waals surface area contributed by atoms with E-state index < -0.39 is 0 Å². The summed E-state index contributed by atoms with van der Waals surface area (Å²) in [5, 5.41) is 5.72. The van der Waals surface area contributed by atoms with Gasteiger partial charge in [0.15, 0.2) is 0 Å². The van der Waals surface area contributed by atoms with Gasteiger partial charge >= 0.3 is 0 Å². The van der Waals surface area contributed by atoms with Gasteiger partial charge in [0.05, 0.1) is 17.8 Å². The lowest BCUT2D eigenvalue weighted by molar-refractivity contribution is 0.719. The van der Waals surface area contributed by atoms with Gasteiger partial charge in [0, 0.05) is 17.3 Å². The van der Waals surface area contributed by atoms with Crippen LogP contribution in [0.2, 0.25) is 0 Å². The molecule has 1 heterocycles. The Hall–Kier alpha value is -2.42. The Bertz CT molecular complexity index is 745. The molecule has 0 unspecified atom stereocenters. The number of aryl methyl sites for hydroxylation is 1. The van der Waals surface area contributed by atoms with E-state index in [1.807, 2.05) is 37.7 Å². The second-order valence-corrected chi connectivity index (χ2v) is 5.03. The van der Waals surface area contributed by atoms with E-state index in [0.29, 0.717) is 0 Å². The van der Waals surface area contributed by atoms with Crippen molar-refractivity contribution in [2.75, 3.05) is 0 Å². The zero-order valence-electron chi connectivity index (χ0n) is 12.9. The Morgan fingerprint density at radius 1 is 1.43 bits per heavy atom. The quantitative estimate of drug-likeness (QED) is 0.584. The van der Waals surface area contributed by atoms with Gasteiger partial charge in [-0.05, 0) is 44.0 Å². The van der Waals surface area contributed by atoms with Gasteiger partial charge in [-0.25, -0.2) is 0 Å². The average Bonchev–Trinajstić information content (AvgIpc) is 2.76. The fourth-order valence-electron chi connectivity index (χ4n) is 2.28. The molecule has 0 amide bonds. The highest BCUT2D eigenvalue weighted by atomic mass is 15.3. The first kappa shape index (κ1) is 15.0. The van der Waals surface area contributed by atoms with Crippen LogP contribution in [0.1, 0.15) is 25.1 Å². The third-order valence-electron chi connectivity index (χ3n) is 3.31. The molecule has 3 heteroatoms. The molecule has 0 saturated heterocycles. The molecule has 0 spiro atoms. The molecule has 0 atom stereocenters. The van der Waals surface area contributed by atoms with E-state index in [9.17, 15) is 0 Å². The van der Waals surface area contributed by atoms with Crippen LogP contribution in [0.15, 0.2) is 54.2 Å². The van der Waals surface area contributed by atoms with Crippen molar-refractivity contribution in [2.24, 2.45) is 4.99 Å². The van der Waals surface area contributed by atoms with Crippen molar-refractivity contribution in [2.45, 2.75) is 27.3 Å². The van der Waals surface area contributed by atoms with Crippen molar-refractivity contribution in [3.05, 3.63) is 60.5 Å². The zero-order chi connectivity index (χ0) is 15.4. The molecule has 0 N–H and O–H groups in total. The molecule has 0 aliphatic heterocycles. The summed E-state index contributed by atoms with van der Waals surface area (Å²) in [5.74, 6) is 0. The number of hydrogen-bond acceptors (Lipinski definition) is 2. The molecule has 21 heavy (non-hydrogen) atoms. The number of rotatable bonds is 5. The molecule has 2 aromatic rings. The lowest BCUT2D eigenvalue weighted by atomic mass is 10.0. The molecular formula is C18H21N3. The molecule has 0 saturated carbocycles. The predicted octanol–water partition coefficient (Wildman–Crippen LogP) is 4.54. The maximum absolute atomic E-state index is 4.56. The molecule has 0 radical (unpaired) electrons. The number of allylic oxidation sites excluding steroid dienone is 4. The fraction of sp³-hybridized carbons (Fsp3) is 0.222. The monoisotopic (exact) mass is 279 g/mol. The standard InChI is InChI=1S/C18H21N3/c1-6-10-21-18-9-8-16(11-17(18)14(5)20-21)15(7-2)12-19-13(3)4/h6-9,11-12H,1,3,10H2,2,4-5H3/b15-7+,19-12?. The molecule has 3 nitrogen and oxygen atoms in total. The van der Waals surface area contributed by atoms with E-state index in [-0.39, 0.29) is 0 Å². The van der Waals surface area contributed by atoms with Crippen molar-refractivity contribution >= 4 is 22.7 Å². The number of aromatic nitrogens is 2. The van der Waals surface area contributed by atoms with Crippen LogP contribution in [0, 0.1) is 6.92 Å². The predicted molar refractivity (Wildman–Crippen MR) is 91.6 cm³/mol. The van der Waals surface area contributed by atoms with Gasteiger partial charge in [0.25, 0.3) is 0 Å². The van der Waals surface area contributed by atoms with E-state index in [1.165, 1.54) is 0 Å². The first-order chi connectivity index (χ1) is 10.1. The van der Waals surface area contributed by atoms with Crippen LogP contribution in [-0.4, -0.2) is 16.0 Å². The average molecular weight is 279 g/mol. The summed E-state index contributed by atoms with van der Waals surface area (Å²) in [4.78, 5) is 4.29. The smallest absolute Gasteiger partial charge is 0.0689 e. The van der Waals surface area contributed by atoms with Crippen LogP contribution in [0.3, 0.4) is 0 Å². The van der Waals surface area contributed by atoms with Crippen LogP contribution in [0.5, 0.6) is 0 Å². The van der Waals surface area contributed by atoms with Crippen molar-refractivity contribution in [1.82, 2.24) is 9.78 Å². The maximum atomic E-state index is 4.56. The molecule has 0 aliphatic rings. The first-order valence-electron chi connectivity index (χ1n) is 7.01. The largest absolute Gasteiger partial charge is 0.262 e. The molecular weight excluding hydrogens is 258 g/mol. The van der Waals surface area contributed by atoms with Gasteiger partial charge < -0.3 is 0 Å². The summed E-state index contributed by atoms with van der Waals surface area (Å²) in [5.41, 5.74) is 5.17. The molecule has 0 aliphatic carbocycles. The van der Waals surface area contributed by atoms with Crippen LogP contribution in [-0.2, 0) is 6.54 Å². The van der Waals surface area contributed by atoms with E-state index in [0.717, 1.165) is 40.0 Å². The van der Waals surface area contributed by atoms with E-state index in [1.54, 1.807) is 0 Å². The van der Waals surface area contributed by atoms with Crippen molar-refractivity contribution < 1.29 is 0 Å². The lowest BCUT2D eigenvalue weighted by Gasteiger charge is -2.04. The van der Waals surface area contributed by atoms with Crippen LogP contribution in [0.4, 0.5) is 0 Å². The summed E-state index contributed by atoms with van der Waals surface area (Å²) in [6.07, 6.45) is 5.76. The minimum absolute atomic E-state index is 0.720.